The summed E-state index contributed by atoms with van der Waals surface area (Å²) in [5.74, 6) is 1.69. The molecule has 0 radical (unpaired) electrons. The number of nitrogens with zero attached hydrogens (tertiary/aromatic N) is 1. The molecule has 0 amide bonds. The topological polar surface area (TPSA) is 77.5 Å². The van der Waals surface area contributed by atoms with Crippen molar-refractivity contribution in [3.8, 4) is 17.4 Å². The van der Waals surface area contributed by atoms with Crippen molar-refractivity contribution in [1.29, 1.82) is 0 Å². The zero-order valence-electron chi connectivity index (χ0n) is 14.1. The molecule has 0 fully saturated rings. The van der Waals surface area contributed by atoms with Crippen LogP contribution in [0.25, 0.3) is 0 Å². The summed E-state index contributed by atoms with van der Waals surface area (Å²) in [5, 5.41) is 0. The SMILES string of the molecule is COc1cc(CNS(=O)(=O)c2ccc(Oc3ccccc3)cc2)ccn1. The normalized spacial score (nSPS) is 11.1. The smallest absolute Gasteiger partial charge is 0.240 e. The summed E-state index contributed by atoms with van der Waals surface area (Å²) in [5.41, 5.74) is 0.754. The summed E-state index contributed by atoms with van der Waals surface area (Å²) in [4.78, 5) is 4.16. The lowest BCUT2D eigenvalue weighted by molar-refractivity contribution is 0.397. The summed E-state index contributed by atoms with van der Waals surface area (Å²) in [6.07, 6.45) is 1.57. The van der Waals surface area contributed by atoms with E-state index in [0.29, 0.717) is 17.4 Å². The van der Waals surface area contributed by atoms with Crippen molar-refractivity contribution in [3.63, 3.8) is 0 Å². The van der Waals surface area contributed by atoms with E-state index in [1.165, 1.54) is 19.2 Å². The van der Waals surface area contributed by atoms with E-state index in [1.807, 2.05) is 30.3 Å². The van der Waals surface area contributed by atoms with E-state index >= 15 is 0 Å². The third kappa shape index (κ3) is 4.59. The average molecular weight is 370 g/mol. The van der Waals surface area contributed by atoms with Crippen LogP contribution < -0.4 is 14.2 Å². The number of benzene rings is 2. The zero-order valence-corrected chi connectivity index (χ0v) is 14.9. The summed E-state index contributed by atoms with van der Waals surface area (Å²) in [7, 11) is -2.13. The van der Waals surface area contributed by atoms with E-state index < -0.39 is 10.0 Å². The largest absolute Gasteiger partial charge is 0.481 e. The maximum absolute atomic E-state index is 12.4. The number of hydrogen-bond acceptors (Lipinski definition) is 5. The highest BCUT2D eigenvalue weighted by molar-refractivity contribution is 7.89. The van der Waals surface area contributed by atoms with Crippen LogP contribution in [0.5, 0.6) is 17.4 Å². The fourth-order valence-electron chi connectivity index (χ4n) is 2.25. The Morgan fingerprint density at radius 3 is 2.35 bits per heavy atom. The van der Waals surface area contributed by atoms with E-state index in [9.17, 15) is 8.42 Å². The zero-order chi connectivity index (χ0) is 18.4. The van der Waals surface area contributed by atoms with E-state index in [2.05, 4.69) is 9.71 Å². The molecule has 0 spiro atoms. The van der Waals surface area contributed by atoms with E-state index in [4.69, 9.17) is 9.47 Å². The van der Waals surface area contributed by atoms with Gasteiger partial charge in [-0.3, -0.25) is 0 Å². The summed E-state index contributed by atoms with van der Waals surface area (Å²) in [6.45, 7) is 0.142. The highest BCUT2D eigenvalue weighted by atomic mass is 32.2. The number of hydrogen-bond donors (Lipinski definition) is 1. The molecule has 3 rings (SSSR count). The Labute approximate surface area is 152 Å². The van der Waals surface area contributed by atoms with Crippen LogP contribution in [0.15, 0.2) is 77.8 Å². The minimum absolute atomic E-state index is 0.142. The van der Waals surface area contributed by atoms with Crippen molar-refractivity contribution >= 4 is 10.0 Å². The molecule has 0 saturated heterocycles. The molecule has 0 aliphatic carbocycles. The van der Waals surface area contributed by atoms with Crippen LogP contribution in [0, 0.1) is 0 Å². The van der Waals surface area contributed by atoms with Gasteiger partial charge >= 0.3 is 0 Å². The van der Waals surface area contributed by atoms with Gasteiger partial charge in [0, 0.05) is 18.8 Å². The van der Waals surface area contributed by atoms with Crippen LogP contribution in [-0.4, -0.2) is 20.5 Å². The van der Waals surface area contributed by atoms with Gasteiger partial charge in [-0.2, -0.15) is 0 Å². The van der Waals surface area contributed by atoms with Gasteiger partial charge in [-0.1, -0.05) is 18.2 Å². The lowest BCUT2D eigenvalue weighted by Gasteiger charge is -2.09. The molecule has 6 nitrogen and oxygen atoms in total. The van der Waals surface area contributed by atoms with Gasteiger partial charge in [-0.25, -0.2) is 18.1 Å². The van der Waals surface area contributed by atoms with Crippen molar-refractivity contribution < 1.29 is 17.9 Å². The Morgan fingerprint density at radius 2 is 1.65 bits per heavy atom. The van der Waals surface area contributed by atoms with Gasteiger partial charge < -0.3 is 9.47 Å². The Bertz CT molecular complexity index is 958. The van der Waals surface area contributed by atoms with Gasteiger partial charge in [0.25, 0.3) is 0 Å². The van der Waals surface area contributed by atoms with Crippen molar-refractivity contribution in [3.05, 3.63) is 78.5 Å². The number of ether oxygens (including phenoxy) is 2. The fourth-order valence-corrected chi connectivity index (χ4v) is 3.26. The maximum atomic E-state index is 12.4. The Morgan fingerprint density at radius 1 is 0.962 bits per heavy atom. The van der Waals surface area contributed by atoms with Crippen LogP contribution >= 0.6 is 0 Å². The first-order valence-electron chi connectivity index (χ1n) is 7.88. The second-order valence-corrected chi connectivity index (χ2v) is 7.18. The molecule has 7 heteroatoms. The van der Waals surface area contributed by atoms with Gasteiger partial charge in [-0.15, -0.1) is 0 Å². The molecule has 26 heavy (non-hydrogen) atoms. The summed E-state index contributed by atoms with van der Waals surface area (Å²) < 4.78 is 38.1. The lowest BCUT2D eigenvalue weighted by Crippen LogP contribution is -2.23. The molecular formula is C19H18N2O4S. The van der Waals surface area contributed by atoms with E-state index in [-0.39, 0.29) is 11.4 Å². The molecule has 0 aliphatic heterocycles. The molecule has 0 aliphatic rings. The molecule has 3 aromatic rings. The van der Waals surface area contributed by atoms with Gasteiger partial charge in [0.1, 0.15) is 11.5 Å². The molecule has 1 aromatic heterocycles. The molecule has 2 aromatic carbocycles. The Balaban J connectivity index is 1.67. The molecule has 1 heterocycles. The Hall–Kier alpha value is -2.90. The molecule has 0 unspecified atom stereocenters. The van der Waals surface area contributed by atoms with E-state index in [0.717, 1.165) is 5.56 Å². The fraction of sp³-hybridized carbons (Fsp3) is 0.105. The number of para-hydroxylation sites is 1. The number of sulfonamides is 1. The van der Waals surface area contributed by atoms with Crippen LogP contribution in [0.1, 0.15) is 5.56 Å². The van der Waals surface area contributed by atoms with Gasteiger partial charge in [0.15, 0.2) is 0 Å². The van der Waals surface area contributed by atoms with Crippen molar-refractivity contribution in [2.24, 2.45) is 0 Å². The first-order valence-corrected chi connectivity index (χ1v) is 9.37. The molecule has 0 saturated carbocycles. The van der Waals surface area contributed by atoms with Gasteiger partial charge in [0.2, 0.25) is 15.9 Å². The number of rotatable bonds is 7. The molecule has 1 N–H and O–H groups in total. The molecule has 134 valence electrons. The average Bonchev–Trinajstić information content (AvgIpc) is 2.68. The highest BCUT2D eigenvalue weighted by Crippen LogP contribution is 2.22. The second kappa shape index (κ2) is 7.99. The molecular weight excluding hydrogens is 352 g/mol. The predicted molar refractivity (Wildman–Crippen MR) is 97.8 cm³/mol. The third-order valence-electron chi connectivity index (χ3n) is 3.59. The minimum Gasteiger partial charge on any atom is -0.481 e. The standard InChI is InChI=1S/C19H18N2O4S/c1-24-19-13-15(11-12-20-19)14-21-26(22,23)18-9-7-17(8-10-18)25-16-5-3-2-4-6-16/h2-13,21H,14H2,1H3. The van der Waals surface area contributed by atoms with Crippen LogP contribution in [0.2, 0.25) is 0 Å². The van der Waals surface area contributed by atoms with Crippen LogP contribution in [0.4, 0.5) is 0 Å². The number of aromatic nitrogens is 1. The predicted octanol–water partition coefficient (Wildman–Crippen LogP) is 3.36. The minimum atomic E-state index is -3.63. The van der Waals surface area contributed by atoms with Crippen molar-refractivity contribution in [2.75, 3.05) is 7.11 Å². The van der Waals surface area contributed by atoms with Crippen LogP contribution in [-0.2, 0) is 16.6 Å². The lowest BCUT2D eigenvalue weighted by atomic mass is 10.3. The highest BCUT2D eigenvalue weighted by Gasteiger charge is 2.14. The second-order valence-electron chi connectivity index (χ2n) is 5.42. The first kappa shape index (κ1) is 17.9. The molecule has 0 atom stereocenters. The number of pyridine rings is 1. The maximum Gasteiger partial charge on any atom is 0.240 e. The summed E-state index contributed by atoms with van der Waals surface area (Å²) in [6, 6.07) is 19.0. The monoisotopic (exact) mass is 370 g/mol. The van der Waals surface area contributed by atoms with Crippen molar-refractivity contribution in [1.82, 2.24) is 9.71 Å². The molecule has 0 bridgehead atoms. The third-order valence-corrected chi connectivity index (χ3v) is 5.00. The van der Waals surface area contributed by atoms with Crippen molar-refractivity contribution in [2.45, 2.75) is 11.4 Å². The first-order chi connectivity index (χ1) is 12.6. The van der Waals surface area contributed by atoms with Crippen LogP contribution in [0.3, 0.4) is 0 Å². The van der Waals surface area contributed by atoms with E-state index in [1.54, 1.807) is 30.5 Å². The summed E-state index contributed by atoms with van der Waals surface area (Å²) >= 11 is 0. The number of methoxy groups -OCH3 is 1. The van der Waals surface area contributed by atoms with Gasteiger partial charge in [0.05, 0.1) is 12.0 Å². The number of nitrogens with one attached hydrogen (secondary N) is 1. The quantitative estimate of drug-likeness (QED) is 0.690. The van der Waals surface area contributed by atoms with Gasteiger partial charge in [-0.05, 0) is 48.0 Å². The Kier molecular flexibility index (Phi) is 5.50.